The zero-order valence-electron chi connectivity index (χ0n) is 39.5. The number of carbonyl (C=O) groups is 1. The van der Waals surface area contributed by atoms with Gasteiger partial charge >= 0.3 is 5.97 Å². The van der Waals surface area contributed by atoms with Crippen molar-refractivity contribution in [3.63, 3.8) is 0 Å². The number of rotatable bonds is 39. The van der Waals surface area contributed by atoms with Gasteiger partial charge in [-0.2, -0.15) is 0 Å². The lowest BCUT2D eigenvalue weighted by atomic mass is 9.98. The zero-order valence-corrected chi connectivity index (χ0v) is 39.5. The number of ether oxygens (including phenoxy) is 6. The summed E-state index contributed by atoms with van der Waals surface area (Å²) >= 11 is 0. The largest absolute Gasteiger partial charge is 0.457 e. The van der Waals surface area contributed by atoms with Crippen LogP contribution < -0.4 is 0 Å². The lowest BCUT2D eigenvalue weighted by molar-refractivity contribution is -0.332. The highest BCUT2D eigenvalue weighted by Gasteiger charge is 2.47. The third-order valence-corrected chi connectivity index (χ3v) is 11.9. The third kappa shape index (κ3) is 25.9. The zero-order chi connectivity index (χ0) is 46.6. The second kappa shape index (κ2) is 38.2. The van der Waals surface area contributed by atoms with Crippen molar-refractivity contribution in [1.82, 2.24) is 0 Å². The number of unbranched alkanes of at least 4 members (excludes halogenated alkanes) is 19. The van der Waals surface area contributed by atoms with Crippen LogP contribution in [0, 0.1) is 0 Å². The van der Waals surface area contributed by atoms with Crippen molar-refractivity contribution >= 4 is 5.97 Å². The lowest BCUT2D eigenvalue weighted by Gasteiger charge is -2.42. The summed E-state index contributed by atoms with van der Waals surface area (Å²) in [7, 11) is 0. The first-order chi connectivity index (χ1) is 31.1. The van der Waals surface area contributed by atoms with E-state index >= 15 is 0 Å². The van der Waals surface area contributed by atoms with Crippen LogP contribution in [0.1, 0.15) is 174 Å². The summed E-state index contributed by atoms with van der Waals surface area (Å²) < 4.78 is 34.2. The highest BCUT2D eigenvalue weighted by atomic mass is 16.7. The van der Waals surface area contributed by atoms with Gasteiger partial charge in [-0.25, -0.2) is 0 Å². The standard InChI is InChI=1S/C50H90O14/c1-3-5-7-9-11-13-15-17-19-20-22-24-26-28-30-32-34-59-36-39(62-42(52)33-31-29-27-25-23-21-18-16-14-12-10-8-6-4-2)37-60-49-48(58)46(56)44(54)41(64-49)38-61-50-47(57)45(55)43(53)40(35-51)63-50/h5,7,11,13,17,19,39-41,43-51,53-58H,3-4,6,8-10,12,14-16,18,20-38H2,1-2H3/b7-5-,13-11-,19-17-. The fourth-order valence-corrected chi connectivity index (χ4v) is 7.83. The number of carbonyl (C=O) groups excluding carboxylic acids is 1. The smallest absolute Gasteiger partial charge is 0.306 e. The predicted octanol–water partition coefficient (Wildman–Crippen LogP) is 7.02. The molecule has 0 bridgehead atoms. The molecule has 0 aliphatic carbocycles. The summed E-state index contributed by atoms with van der Waals surface area (Å²) in [4.78, 5) is 13.0. The third-order valence-electron chi connectivity index (χ3n) is 11.9. The number of aliphatic hydroxyl groups is 7. The van der Waals surface area contributed by atoms with Crippen LogP contribution in [0.25, 0.3) is 0 Å². The van der Waals surface area contributed by atoms with Crippen LogP contribution in [0.4, 0.5) is 0 Å². The van der Waals surface area contributed by atoms with Crippen molar-refractivity contribution in [1.29, 1.82) is 0 Å². The Morgan fingerprint density at radius 2 is 1.02 bits per heavy atom. The molecule has 374 valence electrons. The molecule has 7 N–H and O–H groups in total. The SMILES string of the molecule is CC/C=C\C/C=C\C/C=C\CCCCCCCCOCC(COC1OC(COC2OC(CO)C(O)C(O)C2O)C(O)C(O)C1O)OC(=O)CCCCCCCCCCCCCCCC. The molecule has 0 aromatic heterocycles. The number of hydrogen-bond acceptors (Lipinski definition) is 14. The molecule has 0 aromatic carbocycles. The molecule has 14 heteroatoms. The van der Waals surface area contributed by atoms with E-state index in [1.54, 1.807) is 0 Å². The molecule has 0 amide bonds. The molecular weight excluding hydrogens is 825 g/mol. The summed E-state index contributed by atoms with van der Waals surface area (Å²) in [5.41, 5.74) is 0. The molecule has 14 nitrogen and oxygen atoms in total. The normalized spacial score (nSPS) is 27.0. The molecule has 2 aliphatic heterocycles. The van der Waals surface area contributed by atoms with E-state index in [4.69, 9.17) is 28.4 Å². The minimum absolute atomic E-state index is 0.0546. The van der Waals surface area contributed by atoms with Crippen LogP contribution in [-0.2, 0) is 33.2 Å². The molecule has 11 unspecified atom stereocenters. The minimum atomic E-state index is -1.71. The van der Waals surface area contributed by atoms with E-state index < -0.39 is 80.7 Å². The highest BCUT2D eigenvalue weighted by molar-refractivity contribution is 5.69. The Bertz CT molecular complexity index is 1200. The van der Waals surface area contributed by atoms with Gasteiger partial charge in [0.1, 0.15) is 54.9 Å². The number of aliphatic hydroxyl groups excluding tert-OH is 7. The van der Waals surface area contributed by atoms with Crippen molar-refractivity contribution in [3.05, 3.63) is 36.5 Å². The van der Waals surface area contributed by atoms with Gasteiger partial charge in [-0.05, 0) is 44.9 Å². The first kappa shape index (κ1) is 58.3. The Morgan fingerprint density at radius 3 is 1.59 bits per heavy atom. The summed E-state index contributed by atoms with van der Waals surface area (Å²) in [6.45, 7) is 3.55. The average molecular weight is 915 g/mol. The van der Waals surface area contributed by atoms with Gasteiger partial charge in [-0.15, -0.1) is 0 Å². The second-order valence-electron chi connectivity index (χ2n) is 17.6. The van der Waals surface area contributed by atoms with Crippen LogP contribution in [0.15, 0.2) is 36.5 Å². The Hall–Kier alpha value is -1.79. The Labute approximate surface area is 385 Å². The number of allylic oxidation sites excluding steroid dienone is 6. The summed E-state index contributed by atoms with van der Waals surface area (Å²) in [5.74, 6) is -0.381. The molecule has 0 radical (unpaired) electrons. The van der Waals surface area contributed by atoms with Crippen LogP contribution >= 0.6 is 0 Å². The Morgan fingerprint density at radius 1 is 0.531 bits per heavy atom. The maximum Gasteiger partial charge on any atom is 0.306 e. The van der Waals surface area contributed by atoms with Crippen LogP contribution in [0.3, 0.4) is 0 Å². The van der Waals surface area contributed by atoms with E-state index in [0.717, 1.165) is 70.6 Å². The van der Waals surface area contributed by atoms with Gasteiger partial charge in [0.25, 0.3) is 0 Å². The number of esters is 1. The molecule has 2 aliphatic rings. The predicted molar refractivity (Wildman–Crippen MR) is 247 cm³/mol. The van der Waals surface area contributed by atoms with Gasteiger partial charge in [0.15, 0.2) is 12.6 Å². The van der Waals surface area contributed by atoms with Gasteiger partial charge in [0.05, 0.1) is 26.4 Å². The molecule has 0 saturated carbocycles. The van der Waals surface area contributed by atoms with Crippen molar-refractivity contribution in [2.24, 2.45) is 0 Å². The van der Waals surface area contributed by atoms with E-state index in [-0.39, 0.29) is 25.6 Å². The summed E-state index contributed by atoms with van der Waals surface area (Å²) in [6.07, 6.45) is 24.9. The first-order valence-corrected chi connectivity index (χ1v) is 25.1. The van der Waals surface area contributed by atoms with E-state index in [9.17, 15) is 40.5 Å². The molecule has 2 fully saturated rings. The number of hydrogen-bond donors (Lipinski definition) is 7. The van der Waals surface area contributed by atoms with E-state index in [1.165, 1.54) is 77.0 Å². The van der Waals surface area contributed by atoms with Crippen LogP contribution in [0.5, 0.6) is 0 Å². The van der Waals surface area contributed by atoms with Gasteiger partial charge in [0, 0.05) is 13.0 Å². The molecule has 2 heterocycles. The molecular formula is C50H90O14. The maximum atomic E-state index is 13.0. The fourth-order valence-electron chi connectivity index (χ4n) is 7.83. The fraction of sp³-hybridized carbons (Fsp3) is 0.860. The van der Waals surface area contributed by atoms with Crippen molar-refractivity contribution in [2.45, 2.75) is 242 Å². The van der Waals surface area contributed by atoms with E-state index in [1.807, 2.05) is 0 Å². The Balaban J connectivity index is 1.78. The van der Waals surface area contributed by atoms with Crippen molar-refractivity contribution in [2.75, 3.05) is 33.0 Å². The average Bonchev–Trinajstić information content (AvgIpc) is 3.29. The van der Waals surface area contributed by atoms with Crippen molar-refractivity contribution in [3.8, 4) is 0 Å². The van der Waals surface area contributed by atoms with Crippen molar-refractivity contribution < 1.29 is 69.0 Å². The Kier molecular flexibility index (Phi) is 34.8. The summed E-state index contributed by atoms with van der Waals surface area (Å²) in [5, 5.41) is 72.1. The van der Waals surface area contributed by atoms with Crippen LogP contribution in [0.2, 0.25) is 0 Å². The molecule has 64 heavy (non-hydrogen) atoms. The van der Waals surface area contributed by atoms with Crippen LogP contribution in [-0.4, -0.2) is 142 Å². The molecule has 0 spiro atoms. The van der Waals surface area contributed by atoms with E-state index in [2.05, 4.69) is 50.3 Å². The highest BCUT2D eigenvalue weighted by Crippen LogP contribution is 2.26. The van der Waals surface area contributed by atoms with E-state index in [0.29, 0.717) is 13.0 Å². The molecule has 11 atom stereocenters. The monoisotopic (exact) mass is 915 g/mol. The molecule has 0 aromatic rings. The lowest BCUT2D eigenvalue weighted by Crippen LogP contribution is -2.61. The topological polar surface area (TPSA) is 214 Å². The van der Waals surface area contributed by atoms with Gasteiger partial charge in [-0.1, -0.05) is 159 Å². The first-order valence-electron chi connectivity index (χ1n) is 25.1. The minimum Gasteiger partial charge on any atom is -0.457 e. The second-order valence-corrected chi connectivity index (χ2v) is 17.6. The van der Waals surface area contributed by atoms with Gasteiger partial charge in [0.2, 0.25) is 0 Å². The summed E-state index contributed by atoms with van der Waals surface area (Å²) in [6, 6.07) is 0. The molecule has 2 saturated heterocycles. The quantitative estimate of drug-likeness (QED) is 0.0188. The molecule has 2 rings (SSSR count). The van der Waals surface area contributed by atoms with Gasteiger partial charge in [-0.3, -0.25) is 4.79 Å². The maximum absolute atomic E-state index is 13.0. The van der Waals surface area contributed by atoms with Gasteiger partial charge < -0.3 is 64.2 Å².